The third-order valence-corrected chi connectivity index (χ3v) is 4.14. The summed E-state index contributed by atoms with van der Waals surface area (Å²) in [6.07, 6.45) is 5.35. The third kappa shape index (κ3) is 2.64. The second kappa shape index (κ2) is 5.82. The van der Waals surface area contributed by atoms with Gasteiger partial charge in [-0.25, -0.2) is 0 Å². The second-order valence-electron chi connectivity index (χ2n) is 4.95. The molecule has 0 amide bonds. The van der Waals surface area contributed by atoms with Gasteiger partial charge in [0.05, 0.1) is 19.2 Å². The first-order chi connectivity index (χ1) is 10.2. The summed E-state index contributed by atoms with van der Waals surface area (Å²) in [6.45, 7) is 0. The van der Waals surface area contributed by atoms with Gasteiger partial charge in [0.15, 0.2) is 0 Å². The van der Waals surface area contributed by atoms with Crippen molar-refractivity contribution in [1.29, 1.82) is 0 Å². The fourth-order valence-corrected chi connectivity index (χ4v) is 2.93. The minimum absolute atomic E-state index is 0.652. The van der Waals surface area contributed by atoms with Gasteiger partial charge >= 0.3 is 0 Å². The Balaban J connectivity index is 2.03. The molecular weight excluding hydrogens is 284 g/mol. The highest BCUT2D eigenvalue weighted by molar-refractivity contribution is 6.33. The first kappa shape index (κ1) is 14.0. The lowest BCUT2D eigenvalue weighted by atomic mass is 9.88. The molecule has 3 heteroatoms. The van der Waals surface area contributed by atoms with E-state index in [1.807, 2.05) is 30.3 Å². The summed E-state index contributed by atoms with van der Waals surface area (Å²) in [5.41, 5.74) is 4.49. The summed E-state index contributed by atoms with van der Waals surface area (Å²) in [4.78, 5) is 0. The summed E-state index contributed by atoms with van der Waals surface area (Å²) in [6, 6.07) is 11.9. The second-order valence-corrected chi connectivity index (χ2v) is 5.33. The summed E-state index contributed by atoms with van der Waals surface area (Å²) in [5.74, 6) is 1.59. The minimum atomic E-state index is 0.652. The van der Waals surface area contributed by atoms with E-state index in [2.05, 4.69) is 12.1 Å². The molecule has 0 fully saturated rings. The Hall–Kier alpha value is -1.93. The number of fused-ring (bicyclic) bond motifs is 1. The van der Waals surface area contributed by atoms with Crippen LogP contribution >= 0.6 is 11.6 Å². The summed E-state index contributed by atoms with van der Waals surface area (Å²) < 4.78 is 10.6. The highest BCUT2D eigenvalue weighted by Gasteiger charge is 2.16. The van der Waals surface area contributed by atoms with Crippen LogP contribution in [0.25, 0.3) is 5.57 Å². The number of ether oxygens (including phenoxy) is 2. The zero-order valence-corrected chi connectivity index (χ0v) is 12.8. The zero-order valence-electron chi connectivity index (χ0n) is 12.1. The molecule has 2 aromatic carbocycles. The molecule has 0 unspecified atom stereocenters. The van der Waals surface area contributed by atoms with E-state index >= 15 is 0 Å². The lowest BCUT2D eigenvalue weighted by Crippen LogP contribution is -2.02. The van der Waals surface area contributed by atoms with Crippen LogP contribution in [-0.2, 0) is 6.42 Å². The average Bonchev–Trinajstić information content (AvgIpc) is 2.54. The Kier molecular flexibility index (Phi) is 3.89. The highest BCUT2D eigenvalue weighted by Crippen LogP contribution is 2.37. The van der Waals surface area contributed by atoms with E-state index in [1.165, 1.54) is 5.56 Å². The monoisotopic (exact) mass is 299 g/mol. The van der Waals surface area contributed by atoms with Gasteiger partial charge in [-0.15, -0.1) is 0 Å². The van der Waals surface area contributed by atoms with Gasteiger partial charge in [0.1, 0.15) is 11.5 Å². The lowest BCUT2D eigenvalue weighted by molar-refractivity contribution is 0.414. The highest BCUT2D eigenvalue weighted by atomic mass is 35.5. The predicted octanol–water partition coefficient (Wildman–Crippen LogP) is 4.54. The zero-order chi connectivity index (χ0) is 14.8. The molecule has 0 N–H and O–H groups in total. The van der Waals surface area contributed by atoms with Crippen molar-refractivity contribution in [1.82, 2.24) is 0 Å². The maximum absolute atomic E-state index is 6.41. The molecule has 0 atom stereocenters. The number of allylic oxidation sites excluding steroid dienone is 1. The fourth-order valence-electron chi connectivity index (χ4n) is 2.61. The van der Waals surface area contributed by atoms with Crippen LogP contribution in [0.4, 0.5) is 0 Å². The van der Waals surface area contributed by atoms with Crippen LogP contribution in [0.3, 0.4) is 0 Å². The molecule has 0 spiro atoms. The third-order valence-electron chi connectivity index (χ3n) is 3.75. The molecule has 1 aliphatic rings. The Morgan fingerprint density at radius 2 is 1.90 bits per heavy atom. The van der Waals surface area contributed by atoms with E-state index in [-0.39, 0.29) is 0 Å². The van der Waals surface area contributed by atoms with Gasteiger partial charge in [-0.2, -0.15) is 0 Å². The minimum Gasteiger partial charge on any atom is -0.497 e. The van der Waals surface area contributed by atoms with Crippen LogP contribution in [0.15, 0.2) is 36.4 Å². The van der Waals surface area contributed by atoms with Crippen LogP contribution in [-0.4, -0.2) is 14.2 Å². The van der Waals surface area contributed by atoms with E-state index in [4.69, 9.17) is 21.1 Å². The van der Waals surface area contributed by atoms with Crippen molar-refractivity contribution in [2.75, 3.05) is 14.2 Å². The van der Waals surface area contributed by atoms with Crippen LogP contribution in [0.5, 0.6) is 11.5 Å². The summed E-state index contributed by atoms with van der Waals surface area (Å²) in [7, 11) is 3.32. The fraction of sp³-hybridized carbons (Fsp3) is 0.222. The van der Waals surface area contributed by atoms with Gasteiger partial charge < -0.3 is 9.47 Å². The van der Waals surface area contributed by atoms with Gasteiger partial charge in [-0.1, -0.05) is 29.8 Å². The van der Waals surface area contributed by atoms with Crippen LogP contribution < -0.4 is 9.47 Å². The molecule has 1 aliphatic carbocycles. The molecule has 0 aliphatic heterocycles. The van der Waals surface area contributed by atoms with E-state index in [9.17, 15) is 0 Å². The van der Waals surface area contributed by atoms with Gasteiger partial charge in [-0.05, 0) is 53.8 Å². The Bertz CT molecular complexity index is 704. The van der Waals surface area contributed by atoms with Crippen molar-refractivity contribution in [3.8, 4) is 11.5 Å². The van der Waals surface area contributed by atoms with Crippen LogP contribution in [0.1, 0.15) is 23.1 Å². The molecule has 0 bridgehead atoms. The van der Waals surface area contributed by atoms with Crippen molar-refractivity contribution in [3.05, 3.63) is 64.2 Å². The largest absolute Gasteiger partial charge is 0.497 e. The smallest absolute Gasteiger partial charge is 0.138 e. The van der Waals surface area contributed by atoms with Crippen molar-refractivity contribution < 1.29 is 9.47 Å². The number of hydrogen-bond acceptors (Lipinski definition) is 2. The van der Waals surface area contributed by atoms with Crippen molar-refractivity contribution in [3.63, 3.8) is 0 Å². The maximum atomic E-state index is 6.41. The Labute approximate surface area is 130 Å². The molecule has 1 radical (unpaired) electrons. The number of halogens is 1. The molecule has 0 heterocycles. The SMILES string of the molecule is COc1ccc2c(c1)CCC(c1cccc(OC)c1Cl)=[C]2. The van der Waals surface area contributed by atoms with Gasteiger partial charge in [-0.3, -0.25) is 0 Å². The first-order valence-corrected chi connectivity index (χ1v) is 7.23. The predicted molar refractivity (Wildman–Crippen MR) is 85.1 cm³/mol. The van der Waals surface area contributed by atoms with E-state index < -0.39 is 0 Å². The quantitative estimate of drug-likeness (QED) is 0.828. The number of hydrogen-bond donors (Lipinski definition) is 0. The molecule has 21 heavy (non-hydrogen) atoms. The lowest BCUT2D eigenvalue weighted by Gasteiger charge is -2.18. The Morgan fingerprint density at radius 3 is 2.67 bits per heavy atom. The molecule has 107 valence electrons. The molecule has 0 aromatic heterocycles. The number of benzene rings is 2. The van der Waals surface area contributed by atoms with Crippen LogP contribution in [0.2, 0.25) is 5.02 Å². The van der Waals surface area contributed by atoms with Gasteiger partial charge in [0, 0.05) is 5.56 Å². The molecule has 0 saturated carbocycles. The van der Waals surface area contributed by atoms with E-state index in [0.717, 1.165) is 35.3 Å². The van der Waals surface area contributed by atoms with Gasteiger partial charge in [0.25, 0.3) is 0 Å². The molecule has 0 saturated heterocycles. The van der Waals surface area contributed by atoms with Crippen molar-refractivity contribution >= 4 is 17.2 Å². The normalized spacial score (nSPS) is 13.4. The topological polar surface area (TPSA) is 18.5 Å². The molecule has 2 aromatic rings. The Morgan fingerprint density at radius 1 is 1.05 bits per heavy atom. The van der Waals surface area contributed by atoms with Crippen LogP contribution in [0, 0.1) is 6.08 Å². The average molecular weight is 300 g/mol. The number of methoxy groups -OCH3 is 2. The summed E-state index contributed by atoms with van der Waals surface area (Å²) >= 11 is 6.41. The molecule has 3 rings (SSSR count). The molecule has 2 nitrogen and oxygen atoms in total. The van der Waals surface area contributed by atoms with Crippen molar-refractivity contribution in [2.24, 2.45) is 0 Å². The van der Waals surface area contributed by atoms with Crippen molar-refractivity contribution in [2.45, 2.75) is 12.8 Å². The van der Waals surface area contributed by atoms with E-state index in [1.54, 1.807) is 14.2 Å². The van der Waals surface area contributed by atoms with Gasteiger partial charge in [0.2, 0.25) is 0 Å². The number of aryl methyl sites for hydroxylation is 1. The number of rotatable bonds is 3. The maximum Gasteiger partial charge on any atom is 0.138 e. The molecular formula is C18H16ClO2. The first-order valence-electron chi connectivity index (χ1n) is 6.85. The van der Waals surface area contributed by atoms with E-state index in [0.29, 0.717) is 10.8 Å². The summed E-state index contributed by atoms with van der Waals surface area (Å²) in [5, 5.41) is 0.652. The standard InChI is InChI=1S/C18H16ClO2/c1-20-15-9-8-12-10-14(7-6-13(12)11-15)16-4-3-5-17(21-2)18(16)19/h3-5,8-9,11H,6-7H2,1-2H3.